The van der Waals surface area contributed by atoms with Gasteiger partial charge < -0.3 is 5.32 Å². The fraction of sp³-hybridized carbons (Fsp3) is 0.211. The van der Waals surface area contributed by atoms with E-state index in [2.05, 4.69) is 20.3 Å². The number of nitrogens with one attached hydrogen (secondary N) is 1. The van der Waals surface area contributed by atoms with Crippen LogP contribution < -0.4 is 5.32 Å². The lowest BCUT2D eigenvalue weighted by atomic mass is 10.1. The van der Waals surface area contributed by atoms with Gasteiger partial charge in [0.05, 0.1) is 0 Å². The summed E-state index contributed by atoms with van der Waals surface area (Å²) in [5.41, 5.74) is 2.80. The number of aryl methyl sites for hydroxylation is 2. The molecule has 1 aromatic carbocycles. The zero-order valence-electron chi connectivity index (χ0n) is 13.5. The number of rotatable bonds is 6. The van der Waals surface area contributed by atoms with Gasteiger partial charge in [-0.2, -0.15) is 0 Å². The second-order valence-electron chi connectivity index (χ2n) is 5.62. The second-order valence-corrected chi connectivity index (χ2v) is 5.62. The van der Waals surface area contributed by atoms with Crippen molar-refractivity contribution in [3.8, 4) is 11.4 Å². The van der Waals surface area contributed by atoms with Gasteiger partial charge in [0.15, 0.2) is 5.82 Å². The molecule has 0 saturated carbocycles. The van der Waals surface area contributed by atoms with Crippen LogP contribution in [0.4, 0.5) is 10.2 Å². The predicted octanol–water partition coefficient (Wildman–Crippen LogP) is 4.03. The smallest absolute Gasteiger partial charge is 0.163 e. The Kier molecular flexibility index (Phi) is 5.11. The number of hydrogen-bond donors (Lipinski definition) is 1. The average molecular weight is 322 g/mol. The lowest BCUT2D eigenvalue weighted by Gasteiger charge is -2.09. The van der Waals surface area contributed by atoms with Gasteiger partial charge in [0.25, 0.3) is 0 Å². The standard InChI is InChI=1S/C19H19FN4/c1-14-11-18(24-19(23-14)16-7-4-9-21-13-16)22-10-3-6-15-5-2-8-17(20)12-15/h2,4-5,7-9,11-13H,3,6,10H2,1H3,(H,22,23,24). The quantitative estimate of drug-likeness (QED) is 0.696. The first-order chi connectivity index (χ1) is 11.7. The number of hydrogen-bond acceptors (Lipinski definition) is 4. The number of anilines is 1. The van der Waals surface area contributed by atoms with Crippen LogP contribution >= 0.6 is 0 Å². The molecule has 2 aromatic heterocycles. The highest BCUT2D eigenvalue weighted by atomic mass is 19.1. The first-order valence-electron chi connectivity index (χ1n) is 7.95. The van der Waals surface area contributed by atoms with Gasteiger partial charge in [-0.05, 0) is 49.6 Å². The molecule has 24 heavy (non-hydrogen) atoms. The van der Waals surface area contributed by atoms with Gasteiger partial charge in [0.1, 0.15) is 11.6 Å². The van der Waals surface area contributed by atoms with Crippen LogP contribution in [0.5, 0.6) is 0 Å². The van der Waals surface area contributed by atoms with Crippen LogP contribution in [0, 0.1) is 12.7 Å². The summed E-state index contributed by atoms with van der Waals surface area (Å²) in [6.07, 6.45) is 5.20. The minimum absolute atomic E-state index is 0.187. The first-order valence-corrected chi connectivity index (χ1v) is 7.95. The summed E-state index contributed by atoms with van der Waals surface area (Å²) in [5, 5.41) is 3.32. The molecule has 0 saturated heterocycles. The van der Waals surface area contributed by atoms with Crippen molar-refractivity contribution in [2.75, 3.05) is 11.9 Å². The molecule has 5 heteroatoms. The molecule has 0 fully saturated rings. The maximum absolute atomic E-state index is 13.2. The van der Waals surface area contributed by atoms with Crippen molar-refractivity contribution in [3.63, 3.8) is 0 Å². The molecule has 2 heterocycles. The summed E-state index contributed by atoms with van der Waals surface area (Å²) < 4.78 is 13.2. The summed E-state index contributed by atoms with van der Waals surface area (Å²) in [4.78, 5) is 13.1. The average Bonchev–Trinajstić information content (AvgIpc) is 2.59. The highest BCUT2D eigenvalue weighted by Crippen LogP contribution is 2.16. The minimum atomic E-state index is -0.187. The van der Waals surface area contributed by atoms with Crippen LogP contribution in [-0.2, 0) is 6.42 Å². The molecule has 0 radical (unpaired) electrons. The normalized spacial score (nSPS) is 10.6. The topological polar surface area (TPSA) is 50.7 Å². The summed E-state index contributed by atoms with van der Waals surface area (Å²) in [6, 6.07) is 12.5. The Morgan fingerprint density at radius 2 is 2.00 bits per heavy atom. The van der Waals surface area contributed by atoms with E-state index in [4.69, 9.17) is 0 Å². The van der Waals surface area contributed by atoms with Gasteiger partial charge in [0, 0.05) is 36.3 Å². The molecule has 1 N–H and O–H groups in total. The molecular weight excluding hydrogens is 303 g/mol. The number of halogens is 1. The summed E-state index contributed by atoms with van der Waals surface area (Å²) in [5.74, 6) is 1.27. The molecule has 0 atom stereocenters. The molecule has 0 aliphatic heterocycles. The Hall–Kier alpha value is -2.82. The molecule has 0 bridgehead atoms. The number of nitrogens with zero attached hydrogens (tertiary/aromatic N) is 3. The van der Waals surface area contributed by atoms with Gasteiger partial charge in [-0.3, -0.25) is 4.98 Å². The van der Waals surface area contributed by atoms with Gasteiger partial charge in [-0.25, -0.2) is 14.4 Å². The predicted molar refractivity (Wildman–Crippen MR) is 93.2 cm³/mol. The Morgan fingerprint density at radius 1 is 1.08 bits per heavy atom. The zero-order chi connectivity index (χ0) is 16.8. The number of aromatic nitrogens is 3. The van der Waals surface area contributed by atoms with Crippen molar-refractivity contribution < 1.29 is 4.39 Å². The highest BCUT2D eigenvalue weighted by Gasteiger charge is 2.05. The highest BCUT2D eigenvalue weighted by molar-refractivity contribution is 5.56. The maximum Gasteiger partial charge on any atom is 0.163 e. The van der Waals surface area contributed by atoms with E-state index in [9.17, 15) is 4.39 Å². The van der Waals surface area contributed by atoms with Crippen LogP contribution in [0.15, 0.2) is 54.9 Å². The largest absolute Gasteiger partial charge is 0.370 e. The SMILES string of the molecule is Cc1cc(NCCCc2cccc(F)c2)nc(-c2cccnc2)n1. The first kappa shape index (κ1) is 16.1. The lowest BCUT2D eigenvalue weighted by Crippen LogP contribution is -2.06. The Balaban J connectivity index is 1.60. The van der Waals surface area contributed by atoms with Crippen molar-refractivity contribution in [1.29, 1.82) is 0 Å². The van der Waals surface area contributed by atoms with Crippen LogP contribution in [0.2, 0.25) is 0 Å². The van der Waals surface area contributed by atoms with Crippen molar-refractivity contribution in [1.82, 2.24) is 15.0 Å². The number of benzene rings is 1. The van der Waals surface area contributed by atoms with Crippen molar-refractivity contribution in [2.24, 2.45) is 0 Å². The van der Waals surface area contributed by atoms with Crippen LogP contribution in [0.1, 0.15) is 17.7 Å². The molecule has 4 nitrogen and oxygen atoms in total. The summed E-state index contributed by atoms with van der Waals surface area (Å²) in [6.45, 7) is 2.71. The van der Waals surface area contributed by atoms with Crippen LogP contribution in [0.25, 0.3) is 11.4 Å². The Morgan fingerprint density at radius 3 is 2.79 bits per heavy atom. The van der Waals surface area contributed by atoms with Crippen molar-refractivity contribution in [2.45, 2.75) is 19.8 Å². The van der Waals surface area contributed by atoms with Gasteiger partial charge >= 0.3 is 0 Å². The molecule has 0 spiro atoms. The van der Waals surface area contributed by atoms with Gasteiger partial charge in [-0.15, -0.1) is 0 Å². The van der Waals surface area contributed by atoms with Crippen LogP contribution in [0.3, 0.4) is 0 Å². The van der Waals surface area contributed by atoms with E-state index in [0.717, 1.165) is 42.0 Å². The van der Waals surface area contributed by atoms with Gasteiger partial charge in [-0.1, -0.05) is 12.1 Å². The fourth-order valence-electron chi connectivity index (χ4n) is 2.48. The zero-order valence-corrected chi connectivity index (χ0v) is 13.5. The van der Waals surface area contributed by atoms with Crippen LogP contribution in [-0.4, -0.2) is 21.5 Å². The molecule has 0 unspecified atom stereocenters. The van der Waals surface area contributed by atoms with E-state index < -0.39 is 0 Å². The maximum atomic E-state index is 13.2. The lowest BCUT2D eigenvalue weighted by molar-refractivity contribution is 0.624. The third-order valence-corrected chi connectivity index (χ3v) is 3.61. The van der Waals surface area contributed by atoms with E-state index in [-0.39, 0.29) is 5.82 Å². The van der Waals surface area contributed by atoms with Gasteiger partial charge in [0.2, 0.25) is 0 Å². The second kappa shape index (κ2) is 7.64. The molecular formula is C19H19FN4. The summed E-state index contributed by atoms with van der Waals surface area (Å²) in [7, 11) is 0. The van der Waals surface area contributed by atoms with E-state index >= 15 is 0 Å². The van der Waals surface area contributed by atoms with E-state index in [0.29, 0.717) is 5.82 Å². The molecule has 3 rings (SSSR count). The Labute approximate surface area is 140 Å². The monoisotopic (exact) mass is 322 g/mol. The number of pyridine rings is 1. The fourth-order valence-corrected chi connectivity index (χ4v) is 2.48. The van der Waals surface area contributed by atoms with E-state index in [1.54, 1.807) is 24.5 Å². The molecule has 0 amide bonds. The Bertz CT molecular complexity index is 805. The molecule has 0 aliphatic carbocycles. The molecule has 3 aromatic rings. The van der Waals surface area contributed by atoms with E-state index in [1.807, 2.05) is 31.2 Å². The third kappa shape index (κ3) is 4.35. The third-order valence-electron chi connectivity index (χ3n) is 3.61. The van der Waals surface area contributed by atoms with E-state index in [1.165, 1.54) is 6.07 Å². The molecule has 122 valence electrons. The summed E-state index contributed by atoms with van der Waals surface area (Å²) >= 11 is 0. The van der Waals surface area contributed by atoms with Crippen molar-refractivity contribution in [3.05, 3.63) is 71.9 Å². The van der Waals surface area contributed by atoms with Crippen molar-refractivity contribution >= 4 is 5.82 Å². The minimum Gasteiger partial charge on any atom is -0.370 e. The molecule has 0 aliphatic rings.